The van der Waals surface area contributed by atoms with E-state index in [-0.39, 0.29) is 24.7 Å². The van der Waals surface area contributed by atoms with E-state index in [1.165, 1.54) is 11.7 Å². The molecular formula is C12H22N4O4. The molecule has 1 aromatic heterocycles. The third-order valence-electron chi connectivity index (χ3n) is 2.90. The molecule has 0 fully saturated rings. The third kappa shape index (κ3) is 4.39. The fourth-order valence-corrected chi connectivity index (χ4v) is 1.79. The number of anilines is 2. The summed E-state index contributed by atoms with van der Waals surface area (Å²) in [6.07, 6.45) is 2.38. The summed E-state index contributed by atoms with van der Waals surface area (Å²) in [6.45, 7) is 1.31. The van der Waals surface area contributed by atoms with Crippen LogP contribution in [-0.4, -0.2) is 41.5 Å². The number of nitrogens with one attached hydrogen (secondary N) is 2. The van der Waals surface area contributed by atoms with Gasteiger partial charge >= 0.3 is 5.69 Å². The molecule has 0 radical (unpaired) electrons. The number of aliphatic hydroxyl groups excluding tert-OH is 1. The molecule has 0 saturated carbocycles. The second-order valence-corrected chi connectivity index (χ2v) is 4.37. The van der Waals surface area contributed by atoms with E-state index in [4.69, 9.17) is 15.6 Å². The molecule has 114 valence electrons. The minimum atomic E-state index is -0.546. The van der Waals surface area contributed by atoms with E-state index in [1.54, 1.807) is 0 Å². The molecule has 0 atom stereocenters. The van der Waals surface area contributed by atoms with Gasteiger partial charge in [-0.05, 0) is 19.3 Å². The summed E-state index contributed by atoms with van der Waals surface area (Å²) in [5.41, 5.74) is 4.98. The summed E-state index contributed by atoms with van der Waals surface area (Å²) in [5, 5.41) is 11.6. The molecule has 1 heterocycles. The van der Waals surface area contributed by atoms with Crippen molar-refractivity contribution in [3.05, 3.63) is 20.8 Å². The largest absolute Gasteiger partial charge is 0.396 e. The van der Waals surface area contributed by atoms with Gasteiger partial charge in [-0.15, -0.1) is 0 Å². The molecule has 8 heteroatoms. The first-order chi connectivity index (χ1) is 9.61. The molecule has 0 amide bonds. The van der Waals surface area contributed by atoms with E-state index < -0.39 is 11.2 Å². The molecule has 0 saturated heterocycles. The maximum atomic E-state index is 11.7. The van der Waals surface area contributed by atoms with Crippen molar-refractivity contribution in [3.8, 4) is 0 Å². The summed E-state index contributed by atoms with van der Waals surface area (Å²) >= 11 is 0. The Balaban J connectivity index is 2.79. The van der Waals surface area contributed by atoms with Gasteiger partial charge in [0.15, 0.2) is 0 Å². The lowest BCUT2D eigenvalue weighted by Gasteiger charge is -2.13. The Morgan fingerprint density at radius 3 is 2.75 bits per heavy atom. The lowest BCUT2D eigenvalue weighted by atomic mass is 10.2. The smallest absolute Gasteiger partial charge is 0.330 e. The zero-order valence-corrected chi connectivity index (χ0v) is 11.6. The highest BCUT2D eigenvalue weighted by Gasteiger charge is 2.11. The number of ether oxygens (including phenoxy) is 1. The molecule has 5 N–H and O–H groups in total. The van der Waals surface area contributed by atoms with Gasteiger partial charge in [0.2, 0.25) is 0 Å². The summed E-state index contributed by atoms with van der Waals surface area (Å²) in [5.74, 6) is 0.109. The molecule has 0 spiro atoms. The third-order valence-corrected chi connectivity index (χ3v) is 2.90. The normalized spacial score (nSPS) is 10.7. The quantitative estimate of drug-likeness (QED) is 0.447. The van der Waals surface area contributed by atoms with Gasteiger partial charge < -0.3 is 20.9 Å². The van der Waals surface area contributed by atoms with E-state index in [0.717, 1.165) is 19.3 Å². The van der Waals surface area contributed by atoms with Crippen LogP contribution in [0.2, 0.25) is 0 Å². The number of aromatic amines is 1. The van der Waals surface area contributed by atoms with Crippen molar-refractivity contribution < 1.29 is 9.84 Å². The van der Waals surface area contributed by atoms with Gasteiger partial charge in [-0.2, -0.15) is 0 Å². The first kappa shape index (κ1) is 16.3. The van der Waals surface area contributed by atoms with Gasteiger partial charge in [0, 0.05) is 20.3 Å². The number of methoxy groups -OCH3 is 1. The molecule has 8 nitrogen and oxygen atoms in total. The number of nitrogen functional groups attached to an aromatic ring is 1. The van der Waals surface area contributed by atoms with Gasteiger partial charge in [0.05, 0.1) is 13.2 Å². The van der Waals surface area contributed by atoms with Crippen molar-refractivity contribution in [2.75, 3.05) is 37.9 Å². The van der Waals surface area contributed by atoms with Gasteiger partial charge in [-0.25, -0.2) is 4.79 Å². The lowest BCUT2D eigenvalue weighted by Crippen LogP contribution is -2.35. The standard InChI is InChI=1S/C12H22N4O4/c1-20-8-6-16-10(13)9(11(18)15-12(16)19)14-5-3-2-4-7-17/h14,17H,2-8,13H2,1H3,(H,15,18,19). The Hall–Kier alpha value is -1.80. The highest BCUT2D eigenvalue weighted by Crippen LogP contribution is 2.10. The topological polar surface area (TPSA) is 122 Å². The van der Waals surface area contributed by atoms with Gasteiger partial charge in [0.1, 0.15) is 11.5 Å². The van der Waals surface area contributed by atoms with Crippen LogP contribution < -0.4 is 22.3 Å². The molecule has 0 aliphatic rings. The average molecular weight is 286 g/mol. The Morgan fingerprint density at radius 1 is 1.35 bits per heavy atom. The maximum absolute atomic E-state index is 11.7. The Kier molecular flexibility index (Phi) is 6.82. The SMILES string of the molecule is COCCn1c(N)c(NCCCCCO)c(=O)[nH]c1=O. The number of aromatic nitrogens is 2. The van der Waals surface area contributed by atoms with E-state index in [1.807, 2.05) is 0 Å². The van der Waals surface area contributed by atoms with Crippen molar-refractivity contribution >= 4 is 11.5 Å². The summed E-state index contributed by atoms with van der Waals surface area (Å²) in [6, 6.07) is 0. The first-order valence-electron chi connectivity index (χ1n) is 6.58. The van der Waals surface area contributed by atoms with Crippen molar-refractivity contribution in [1.29, 1.82) is 0 Å². The van der Waals surface area contributed by atoms with Gasteiger partial charge in [-0.3, -0.25) is 14.3 Å². The van der Waals surface area contributed by atoms with Crippen molar-refractivity contribution in [1.82, 2.24) is 9.55 Å². The molecular weight excluding hydrogens is 264 g/mol. The number of hydrogen-bond acceptors (Lipinski definition) is 6. The molecule has 1 rings (SSSR count). The van der Waals surface area contributed by atoms with Gasteiger partial charge in [0.25, 0.3) is 5.56 Å². The monoisotopic (exact) mass is 286 g/mol. The predicted octanol–water partition coefficient (Wildman–Crippen LogP) is -0.660. The summed E-state index contributed by atoms with van der Waals surface area (Å²) in [7, 11) is 1.52. The second-order valence-electron chi connectivity index (χ2n) is 4.37. The van der Waals surface area contributed by atoms with Crippen LogP contribution in [0.25, 0.3) is 0 Å². The van der Waals surface area contributed by atoms with Crippen LogP contribution in [0.15, 0.2) is 9.59 Å². The number of aliphatic hydroxyl groups is 1. The fourth-order valence-electron chi connectivity index (χ4n) is 1.79. The fraction of sp³-hybridized carbons (Fsp3) is 0.667. The van der Waals surface area contributed by atoms with Crippen molar-refractivity contribution in [3.63, 3.8) is 0 Å². The first-order valence-corrected chi connectivity index (χ1v) is 6.58. The van der Waals surface area contributed by atoms with E-state index >= 15 is 0 Å². The van der Waals surface area contributed by atoms with Crippen LogP contribution in [0, 0.1) is 0 Å². The van der Waals surface area contributed by atoms with E-state index in [0.29, 0.717) is 13.2 Å². The van der Waals surface area contributed by atoms with Crippen molar-refractivity contribution in [2.24, 2.45) is 0 Å². The van der Waals surface area contributed by atoms with Crippen LogP contribution in [0.4, 0.5) is 11.5 Å². The van der Waals surface area contributed by atoms with Crippen LogP contribution in [0.3, 0.4) is 0 Å². The molecule has 0 unspecified atom stereocenters. The molecule has 20 heavy (non-hydrogen) atoms. The Labute approximate surface area is 116 Å². The molecule has 0 aromatic carbocycles. The number of nitrogens with zero attached hydrogens (tertiary/aromatic N) is 1. The summed E-state index contributed by atoms with van der Waals surface area (Å²) in [4.78, 5) is 25.6. The number of nitrogens with two attached hydrogens (primary N) is 1. The molecule has 0 aliphatic carbocycles. The summed E-state index contributed by atoms with van der Waals surface area (Å²) < 4.78 is 6.16. The zero-order valence-electron chi connectivity index (χ0n) is 11.6. The van der Waals surface area contributed by atoms with Gasteiger partial charge in [-0.1, -0.05) is 0 Å². The number of rotatable bonds is 9. The highest BCUT2D eigenvalue weighted by molar-refractivity contribution is 5.60. The maximum Gasteiger partial charge on any atom is 0.330 e. The van der Waals surface area contributed by atoms with Crippen molar-refractivity contribution in [2.45, 2.75) is 25.8 Å². The second kappa shape index (κ2) is 8.39. The highest BCUT2D eigenvalue weighted by atomic mass is 16.5. The van der Waals surface area contributed by atoms with Crippen LogP contribution in [-0.2, 0) is 11.3 Å². The lowest BCUT2D eigenvalue weighted by molar-refractivity contribution is 0.186. The Bertz CT molecular complexity index is 523. The molecule has 0 aliphatic heterocycles. The minimum Gasteiger partial charge on any atom is -0.396 e. The predicted molar refractivity (Wildman–Crippen MR) is 77.0 cm³/mol. The van der Waals surface area contributed by atoms with E-state index in [2.05, 4.69) is 10.3 Å². The zero-order chi connectivity index (χ0) is 15.0. The average Bonchev–Trinajstić information content (AvgIpc) is 2.41. The van der Waals surface area contributed by atoms with E-state index in [9.17, 15) is 9.59 Å². The number of unbranched alkanes of at least 4 members (excludes halogenated alkanes) is 2. The van der Waals surface area contributed by atoms with Crippen LogP contribution in [0.5, 0.6) is 0 Å². The minimum absolute atomic E-state index is 0.109. The van der Waals surface area contributed by atoms with Crippen LogP contribution >= 0.6 is 0 Å². The number of hydrogen-bond donors (Lipinski definition) is 4. The van der Waals surface area contributed by atoms with Crippen LogP contribution in [0.1, 0.15) is 19.3 Å². The molecule has 0 bridgehead atoms. The Morgan fingerprint density at radius 2 is 2.10 bits per heavy atom. The number of H-pyrrole nitrogens is 1. The molecule has 1 aromatic rings.